The summed E-state index contributed by atoms with van der Waals surface area (Å²) in [5.41, 5.74) is 0.733. The average Bonchev–Trinajstić information content (AvgIpc) is 3.12. The first-order valence-corrected chi connectivity index (χ1v) is 8.15. The lowest BCUT2D eigenvalue weighted by Crippen LogP contribution is -2.39. The second kappa shape index (κ2) is 6.20. The Bertz CT molecular complexity index is 710. The summed E-state index contributed by atoms with van der Waals surface area (Å²) in [6.07, 6.45) is 1.07. The number of rotatable bonds is 0. The molecule has 0 radical (unpaired) electrons. The van der Waals surface area contributed by atoms with Gasteiger partial charge in [-0.1, -0.05) is 29.3 Å². The maximum absolute atomic E-state index is 12.2. The molecular formula is C19H22N2O3. The molecule has 126 valence electrons. The van der Waals surface area contributed by atoms with Crippen molar-refractivity contribution in [1.82, 2.24) is 4.90 Å². The van der Waals surface area contributed by atoms with E-state index in [1.807, 2.05) is 51.1 Å². The maximum atomic E-state index is 12.2. The highest BCUT2D eigenvalue weighted by Crippen LogP contribution is 2.34. The quantitative estimate of drug-likeness (QED) is 0.688. The molecule has 5 heteroatoms. The van der Waals surface area contributed by atoms with E-state index in [4.69, 9.17) is 9.57 Å². The van der Waals surface area contributed by atoms with Gasteiger partial charge in [0.1, 0.15) is 11.3 Å². The smallest absolute Gasteiger partial charge is 0.410 e. The number of hydrogen-bond acceptors (Lipinski definition) is 4. The van der Waals surface area contributed by atoms with Crippen LogP contribution < -0.4 is 0 Å². The topological polar surface area (TPSA) is 51.1 Å². The van der Waals surface area contributed by atoms with Crippen molar-refractivity contribution in [3.05, 3.63) is 35.9 Å². The average molecular weight is 326 g/mol. The normalized spacial score (nSPS) is 22.6. The molecule has 0 bridgehead atoms. The Labute approximate surface area is 142 Å². The van der Waals surface area contributed by atoms with Crippen LogP contribution in [0, 0.1) is 11.8 Å². The minimum atomic E-state index is -0.494. The summed E-state index contributed by atoms with van der Waals surface area (Å²) < 4.78 is 5.42. The highest BCUT2D eigenvalue weighted by molar-refractivity contribution is 6.02. The third-order valence-electron chi connectivity index (χ3n) is 3.93. The van der Waals surface area contributed by atoms with Crippen LogP contribution in [0.4, 0.5) is 4.79 Å². The minimum Gasteiger partial charge on any atom is -0.444 e. The molecule has 1 aromatic rings. The van der Waals surface area contributed by atoms with E-state index >= 15 is 0 Å². The molecule has 2 heterocycles. The summed E-state index contributed by atoms with van der Waals surface area (Å²) in [6.45, 7) is 6.70. The lowest BCUT2D eigenvalue weighted by Gasteiger charge is -2.25. The maximum Gasteiger partial charge on any atom is 0.410 e. The molecule has 1 fully saturated rings. The van der Waals surface area contributed by atoms with Gasteiger partial charge < -0.3 is 14.5 Å². The van der Waals surface area contributed by atoms with Crippen LogP contribution in [0.3, 0.4) is 0 Å². The molecule has 24 heavy (non-hydrogen) atoms. The van der Waals surface area contributed by atoms with Crippen LogP contribution in [-0.4, -0.2) is 41.0 Å². The van der Waals surface area contributed by atoms with E-state index < -0.39 is 11.2 Å². The highest BCUT2D eigenvalue weighted by atomic mass is 16.7. The third kappa shape index (κ3) is 3.88. The van der Waals surface area contributed by atoms with Crippen molar-refractivity contribution in [2.45, 2.75) is 44.8 Å². The van der Waals surface area contributed by atoms with Crippen LogP contribution in [0.25, 0.3) is 0 Å². The summed E-state index contributed by atoms with van der Waals surface area (Å²) in [7, 11) is 0. The van der Waals surface area contributed by atoms with Crippen LogP contribution in [-0.2, 0) is 9.57 Å². The van der Waals surface area contributed by atoms with Gasteiger partial charge in [0.2, 0.25) is 0 Å². The number of carbonyl (C=O) groups is 1. The van der Waals surface area contributed by atoms with Gasteiger partial charge in [-0.2, -0.15) is 0 Å². The molecule has 1 amide bonds. The molecule has 1 unspecified atom stereocenters. The van der Waals surface area contributed by atoms with E-state index in [1.165, 1.54) is 0 Å². The van der Waals surface area contributed by atoms with Gasteiger partial charge >= 0.3 is 6.09 Å². The van der Waals surface area contributed by atoms with Crippen molar-refractivity contribution in [3.8, 4) is 11.8 Å². The van der Waals surface area contributed by atoms with Crippen LogP contribution in [0.1, 0.15) is 39.2 Å². The van der Waals surface area contributed by atoms with Gasteiger partial charge in [-0.25, -0.2) is 4.79 Å². The predicted octanol–water partition coefficient (Wildman–Crippen LogP) is 3.19. The summed E-state index contributed by atoms with van der Waals surface area (Å²) in [5, 5.41) is 4.12. The number of amides is 1. The van der Waals surface area contributed by atoms with Crippen molar-refractivity contribution >= 4 is 11.8 Å². The fourth-order valence-electron chi connectivity index (χ4n) is 2.80. The van der Waals surface area contributed by atoms with Gasteiger partial charge in [-0.3, -0.25) is 0 Å². The highest BCUT2D eigenvalue weighted by Gasteiger charge is 2.47. The number of carbonyl (C=O) groups excluding carboxylic acids is 1. The molecule has 1 saturated heterocycles. The molecule has 1 aromatic carbocycles. The zero-order valence-electron chi connectivity index (χ0n) is 14.3. The molecule has 5 nitrogen and oxygen atoms in total. The van der Waals surface area contributed by atoms with E-state index in [-0.39, 0.29) is 6.09 Å². The number of oxime groups is 1. The summed E-state index contributed by atoms with van der Waals surface area (Å²) in [6, 6.07) is 9.78. The van der Waals surface area contributed by atoms with Crippen molar-refractivity contribution in [1.29, 1.82) is 0 Å². The predicted molar refractivity (Wildman–Crippen MR) is 91.6 cm³/mol. The van der Waals surface area contributed by atoms with E-state index in [0.717, 1.165) is 17.7 Å². The SMILES string of the molecule is CC(C)(C)OC(=O)N1CCC2(CC(C#Cc3ccccc3)=NO2)C1. The van der Waals surface area contributed by atoms with Crippen molar-refractivity contribution in [2.75, 3.05) is 13.1 Å². The monoisotopic (exact) mass is 326 g/mol. The summed E-state index contributed by atoms with van der Waals surface area (Å²) in [5.74, 6) is 6.16. The van der Waals surface area contributed by atoms with Crippen molar-refractivity contribution in [2.24, 2.45) is 5.16 Å². The standard InChI is InChI=1S/C19H22N2O3/c1-18(2,3)23-17(22)21-12-11-19(14-21)13-16(20-24-19)10-9-15-7-5-4-6-8-15/h4-8H,11-14H2,1-3H3. The van der Waals surface area contributed by atoms with Gasteiger partial charge in [0.15, 0.2) is 5.60 Å². The second-order valence-electron chi connectivity index (χ2n) is 7.26. The lowest BCUT2D eigenvalue weighted by atomic mass is 9.97. The molecule has 0 aliphatic carbocycles. The molecule has 0 aromatic heterocycles. The number of hydrogen-bond donors (Lipinski definition) is 0. The van der Waals surface area contributed by atoms with Crippen molar-refractivity contribution < 1.29 is 14.4 Å². The summed E-state index contributed by atoms with van der Waals surface area (Å²) in [4.78, 5) is 19.5. The largest absolute Gasteiger partial charge is 0.444 e. The van der Waals surface area contributed by atoms with Crippen LogP contribution in [0.5, 0.6) is 0 Å². The molecule has 1 atom stereocenters. The van der Waals surface area contributed by atoms with E-state index in [0.29, 0.717) is 19.5 Å². The molecule has 1 spiro atoms. The number of benzene rings is 1. The van der Waals surface area contributed by atoms with Gasteiger partial charge in [-0.05, 0) is 38.8 Å². The van der Waals surface area contributed by atoms with E-state index in [2.05, 4.69) is 17.0 Å². The zero-order valence-corrected chi connectivity index (χ0v) is 14.3. The first kappa shape index (κ1) is 16.4. The van der Waals surface area contributed by atoms with Gasteiger partial charge in [0.05, 0.1) is 6.54 Å². The third-order valence-corrected chi connectivity index (χ3v) is 3.93. The Hall–Kier alpha value is -2.48. The first-order chi connectivity index (χ1) is 11.4. The molecule has 2 aliphatic heterocycles. The fraction of sp³-hybridized carbons (Fsp3) is 0.474. The Morgan fingerprint density at radius 1 is 1.29 bits per heavy atom. The second-order valence-corrected chi connectivity index (χ2v) is 7.26. The Morgan fingerprint density at radius 2 is 2.04 bits per heavy atom. The number of likely N-dealkylation sites (tertiary alicyclic amines) is 1. The molecule has 3 rings (SSSR count). The molecular weight excluding hydrogens is 304 g/mol. The number of nitrogens with zero attached hydrogens (tertiary/aromatic N) is 2. The molecule has 2 aliphatic rings. The van der Waals surface area contributed by atoms with Gasteiger partial charge in [0.25, 0.3) is 0 Å². The van der Waals surface area contributed by atoms with Crippen LogP contribution in [0.15, 0.2) is 35.5 Å². The fourth-order valence-corrected chi connectivity index (χ4v) is 2.80. The number of ether oxygens (including phenoxy) is 1. The van der Waals surface area contributed by atoms with Gasteiger partial charge in [-0.15, -0.1) is 0 Å². The summed E-state index contributed by atoms with van der Waals surface area (Å²) >= 11 is 0. The first-order valence-electron chi connectivity index (χ1n) is 8.15. The Kier molecular flexibility index (Phi) is 4.23. The lowest BCUT2D eigenvalue weighted by molar-refractivity contribution is -0.0159. The minimum absolute atomic E-state index is 0.299. The zero-order chi connectivity index (χ0) is 17.2. The Morgan fingerprint density at radius 3 is 2.75 bits per heavy atom. The molecule has 0 N–H and O–H groups in total. The van der Waals surface area contributed by atoms with Crippen LogP contribution >= 0.6 is 0 Å². The Balaban J connectivity index is 1.59. The van der Waals surface area contributed by atoms with E-state index in [9.17, 15) is 4.79 Å². The molecule has 0 saturated carbocycles. The van der Waals surface area contributed by atoms with Crippen molar-refractivity contribution in [3.63, 3.8) is 0 Å². The van der Waals surface area contributed by atoms with E-state index in [1.54, 1.807) is 4.90 Å². The van der Waals surface area contributed by atoms with Crippen LogP contribution in [0.2, 0.25) is 0 Å². The van der Waals surface area contributed by atoms with Gasteiger partial charge in [0, 0.05) is 24.9 Å².